The molecule has 136 valence electrons. The Morgan fingerprint density at radius 1 is 1.19 bits per heavy atom. The second-order valence-corrected chi connectivity index (χ2v) is 6.01. The fourth-order valence-electron chi connectivity index (χ4n) is 2.42. The first kappa shape index (κ1) is 17.1. The molecule has 8 heteroatoms. The van der Waals surface area contributed by atoms with E-state index >= 15 is 0 Å². The molecular weight excluding hydrogens is 372 g/mol. The largest absolute Gasteiger partial charge is 0.454 e. The van der Waals surface area contributed by atoms with Crippen LogP contribution in [0.4, 0.5) is 0 Å². The van der Waals surface area contributed by atoms with Crippen LogP contribution >= 0.6 is 11.6 Å². The molecule has 2 aromatic carbocycles. The minimum atomic E-state index is -0.530. The third-order valence-corrected chi connectivity index (χ3v) is 3.93. The summed E-state index contributed by atoms with van der Waals surface area (Å²) in [6.07, 6.45) is 2.92. The summed E-state index contributed by atoms with van der Waals surface area (Å²) < 4.78 is 20.8. The van der Waals surface area contributed by atoms with Gasteiger partial charge in [0.2, 0.25) is 12.6 Å². The second-order valence-electron chi connectivity index (χ2n) is 5.58. The topological polar surface area (TPSA) is 83.7 Å². The van der Waals surface area contributed by atoms with Gasteiger partial charge in [0, 0.05) is 16.7 Å². The lowest BCUT2D eigenvalue weighted by Gasteiger charge is -1.98. The van der Waals surface area contributed by atoms with E-state index in [0.29, 0.717) is 27.9 Å². The Labute approximate surface area is 159 Å². The second kappa shape index (κ2) is 7.51. The van der Waals surface area contributed by atoms with Crippen molar-refractivity contribution in [1.29, 1.82) is 0 Å². The summed E-state index contributed by atoms with van der Waals surface area (Å²) >= 11 is 5.89. The number of hydrogen-bond donors (Lipinski definition) is 0. The van der Waals surface area contributed by atoms with Crippen LogP contribution in [0, 0.1) is 0 Å². The van der Waals surface area contributed by atoms with Crippen molar-refractivity contribution in [2.75, 3.05) is 6.79 Å². The lowest BCUT2D eigenvalue weighted by atomic mass is 10.2. The number of fused-ring (bicyclic) bond motifs is 1. The van der Waals surface area contributed by atoms with Crippen molar-refractivity contribution in [2.24, 2.45) is 0 Å². The monoisotopic (exact) mass is 384 g/mol. The van der Waals surface area contributed by atoms with E-state index < -0.39 is 5.97 Å². The van der Waals surface area contributed by atoms with Crippen molar-refractivity contribution in [3.8, 4) is 22.9 Å². The summed E-state index contributed by atoms with van der Waals surface area (Å²) in [7, 11) is 0. The first-order chi connectivity index (χ1) is 13.2. The summed E-state index contributed by atoms with van der Waals surface area (Å²) in [5, 5.41) is 4.48. The highest BCUT2D eigenvalue weighted by molar-refractivity contribution is 6.30. The van der Waals surface area contributed by atoms with Crippen molar-refractivity contribution in [3.63, 3.8) is 0 Å². The zero-order valence-corrected chi connectivity index (χ0v) is 14.7. The van der Waals surface area contributed by atoms with Gasteiger partial charge in [0.15, 0.2) is 18.1 Å². The average Bonchev–Trinajstić information content (AvgIpc) is 3.33. The average molecular weight is 385 g/mol. The lowest BCUT2D eigenvalue weighted by Crippen LogP contribution is -2.00. The van der Waals surface area contributed by atoms with Gasteiger partial charge in [-0.3, -0.25) is 0 Å². The molecule has 4 rings (SSSR count). The van der Waals surface area contributed by atoms with E-state index in [0.717, 1.165) is 5.56 Å². The molecular formula is C19H13ClN2O5. The van der Waals surface area contributed by atoms with Crippen LogP contribution < -0.4 is 9.47 Å². The molecule has 0 N–H and O–H groups in total. The quantitative estimate of drug-likeness (QED) is 0.487. The molecule has 3 aromatic rings. The normalized spacial score (nSPS) is 12.5. The van der Waals surface area contributed by atoms with Crippen LogP contribution in [0.1, 0.15) is 11.5 Å². The summed E-state index contributed by atoms with van der Waals surface area (Å²) in [5.74, 6) is 1.32. The van der Waals surface area contributed by atoms with E-state index in [-0.39, 0.29) is 19.3 Å². The van der Waals surface area contributed by atoms with E-state index in [1.54, 1.807) is 42.5 Å². The summed E-state index contributed by atoms with van der Waals surface area (Å²) in [6.45, 7) is 0.0607. The van der Waals surface area contributed by atoms with Crippen LogP contribution in [-0.4, -0.2) is 22.9 Å². The van der Waals surface area contributed by atoms with Gasteiger partial charge in [0.25, 0.3) is 5.89 Å². The van der Waals surface area contributed by atoms with Crippen LogP contribution in [0.15, 0.2) is 53.1 Å². The number of nitrogens with zero attached hydrogens (tertiary/aromatic N) is 2. The van der Waals surface area contributed by atoms with Crippen molar-refractivity contribution < 1.29 is 23.5 Å². The van der Waals surface area contributed by atoms with E-state index in [4.69, 9.17) is 30.3 Å². The Balaban J connectivity index is 1.36. The van der Waals surface area contributed by atoms with Crippen LogP contribution in [0.2, 0.25) is 5.02 Å². The van der Waals surface area contributed by atoms with Crippen LogP contribution in [0.25, 0.3) is 17.5 Å². The Bertz CT molecular complexity index is 1010. The number of ether oxygens (including phenoxy) is 3. The highest BCUT2D eigenvalue weighted by atomic mass is 35.5. The number of benzene rings is 2. The van der Waals surface area contributed by atoms with Gasteiger partial charge in [-0.1, -0.05) is 28.9 Å². The smallest absolute Gasteiger partial charge is 0.331 e. The summed E-state index contributed by atoms with van der Waals surface area (Å²) in [4.78, 5) is 16.0. The molecule has 2 heterocycles. The van der Waals surface area contributed by atoms with Gasteiger partial charge in [0.1, 0.15) is 0 Å². The molecule has 0 saturated carbocycles. The zero-order chi connectivity index (χ0) is 18.6. The van der Waals surface area contributed by atoms with Gasteiger partial charge in [-0.15, -0.1) is 0 Å². The molecule has 0 radical (unpaired) electrons. The van der Waals surface area contributed by atoms with Crippen molar-refractivity contribution in [2.45, 2.75) is 6.61 Å². The predicted octanol–water partition coefficient (Wildman–Crippen LogP) is 3.88. The van der Waals surface area contributed by atoms with Gasteiger partial charge < -0.3 is 18.7 Å². The molecule has 0 amide bonds. The minimum Gasteiger partial charge on any atom is -0.454 e. The van der Waals surface area contributed by atoms with E-state index in [2.05, 4.69) is 10.1 Å². The SMILES string of the molecule is O=C(C=Cc1cccc(Cl)c1)OCc1nc(-c2ccc3c(c2)OCO3)no1. The maximum Gasteiger partial charge on any atom is 0.331 e. The van der Waals surface area contributed by atoms with E-state index in [1.807, 2.05) is 6.07 Å². The van der Waals surface area contributed by atoms with Crippen molar-refractivity contribution in [3.05, 3.63) is 65.0 Å². The first-order valence-corrected chi connectivity index (χ1v) is 8.38. The zero-order valence-electron chi connectivity index (χ0n) is 13.9. The van der Waals surface area contributed by atoms with Gasteiger partial charge >= 0.3 is 5.97 Å². The van der Waals surface area contributed by atoms with Crippen LogP contribution in [-0.2, 0) is 16.1 Å². The number of carbonyl (C=O) groups is 1. The Morgan fingerprint density at radius 2 is 2.07 bits per heavy atom. The Hall–Kier alpha value is -3.32. The fraction of sp³-hybridized carbons (Fsp3) is 0.105. The third-order valence-electron chi connectivity index (χ3n) is 3.70. The Morgan fingerprint density at radius 3 is 2.96 bits per heavy atom. The van der Waals surface area contributed by atoms with E-state index in [1.165, 1.54) is 6.08 Å². The maximum atomic E-state index is 11.8. The summed E-state index contributed by atoms with van der Waals surface area (Å²) in [6, 6.07) is 12.4. The van der Waals surface area contributed by atoms with Crippen LogP contribution in [0.5, 0.6) is 11.5 Å². The predicted molar refractivity (Wildman–Crippen MR) is 96.1 cm³/mol. The number of carbonyl (C=O) groups excluding carboxylic acids is 1. The van der Waals surface area contributed by atoms with Crippen molar-refractivity contribution >= 4 is 23.6 Å². The molecule has 0 fully saturated rings. The molecule has 27 heavy (non-hydrogen) atoms. The summed E-state index contributed by atoms with van der Waals surface area (Å²) in [5.41, 5.74) is 1.50. The number of halogens is 1. The molecule has 1 aliphatic rings. The highest BCUT2D eigenvalue weighted by Gasteiger charge is 2.16. The molecule has 0 aliphatic carbocycles. The minimum absolute atomic E-state index is 0.129. The molecule has 7 nitrogen and oxygen atoms in total. The van der Waals surface area contributed by atoms with Crippen molar-refractivity contribution in [1.82, 2.24) is 10.1 Å². The fourth-order valence-corrected chi connectivity index (χ4v) is 2.62. The third kappa shape index (κ3) is 4.09. The number of esters is 1. The lowest BCUT2D eigenvalue weighted by molar-refractivity contribution is -0.139. The highest BCUT2D eigenvalue weighted by Crippen LogP contribution is 2.35. The maximum absolute atomic E-state index is 11.8. The van der Waals surface area contributed by atoms with E-state index in [9.17, 15) is 4.79 Å². The van der Waals surface area contributed by atoms with Crippen LogP contribution in [0.3, 0.4) is 0 Å². The molecule has 0 spiro atoms. The van der Waals surface area contributed by atoms with Gasteiger partial charge in [-0.2, -0.15) is 4.98 Å². The first-order valence-electron chi connectivity index (χ1n) is 8.00. The number of hydrogen-bond acceptors (Lipinski definition) is 7. The Kier molecular flexibility index (Phi) is 4.76. The molecule has 0 bridgehead atoms. The standard InChI is InChI=1S/C19H13ClN2O5/c20-14-3-1-2-12(8-14)4-7-18(23)24-10-17-21-19(22-27-17)13-5-6-15-16(9-13)26-11-25-15/h1-9H,10-11H2. The molecule has 1 aliphatic heterocycles. The van der Waals surface area contributed by atoms with Gasteiger partial charge in [0.05, 0.1) is 0 Å². The molecule has 0 unspecified atom stereocenters. The van der Waals surface area contributed by atoms with Gasteiger partial charge in [-0.05, 0) is 42.0 Å². The number of aromatic nitrogens is 2. The molecule has 1 aromatic heterocycles. The number of rotatable bonds is 5. The molecule has 0 atom stereocenters. The van der Waals surface area contributed by atoms with Gasteiger partial charge in [-0.25, -0.2) is 4.79 Å². The molecule has 0 saturated heterocycles.